The van der Waals surface area contributed by atoms with Gasteiger partial charge < -0.3 is 11.5 Å². The van der Waals surface area contributed by atoms with Gasteiger partial charge in [-0.2, -0.15) is 0 Å². The fourth-order valence-electron chi connectivity index (χ4n) is 5.23. The number of benzene rings is 2. The number of fused-ring (bicyclic) bond motifs is 2. The number of carbonyl (C=O) groups excluding carboxylic acids is 1. The first-order valence-corrected chi connectivity index (χ1v) is 13.3. The number of aromatic nitrogens is 4. The van der Waals surface area contributed by atoms with E-state index in [1.165, 1.54) is 30.2 Å². The standard InChI is InChI=1S/C24H25NO.C7H7N5O/c1-2-21-17-20-12-8-11-19(16-15-18-9-6-7-10-18)23(20)24(26)25(21)22-13-4-3-5-14-22;8-5-4(6(9)13)7-10-2-1-3-12(7)11-5/h3-5,8,11-18H,2,6-7,9-10H2,1H3;1-3H,(H2,8,11)(H2,9,13)/b16-15+;. The molecule has 3 heterocycles. The second-order valence-electron chi connectivity index (χ2n) is 9.69. The van der Waals surface area contributed by atoms with Gasteiger partial charge >= 0.3 is 0 Å². The number of carbonyl (C=O) groups is 1. The molecular formula is C31H32N6O2. The number of hydrogen-bond donors (Lipinski definition) is 2. The highest BCUT2D eigenvalue weighted by molar-refractivity contribution is 6.03. The molecule has 0 radical (unpaired) electrons. The third-order valence-electron chi connectivity index (χ3n) is 7.15. The summed E-state index contributed by atoms with van der Waals surface area (Å²) >= 11 is 0. The van der Waals surface area contributed by atoms with E-state index in [1.54, 1.807) is 18.5 Å². The van der Waals surface area contributed by atoms with Crippen molar-refractivity contribution in [3.05, 3.63) is 106 Å². The average molecular weight is 521 g/mol. The predicted octanol–water partition coefficient (Wildman–Crippen LogP) is 5.17. The maximum atomic E-state index is 13.5. The molecule has 2 aromatic carbocycles. The van der Waals surface area contributed by atoms with Gasteiger partial charge in [0.1, 0.15) is 5.56 Å². The Bertz CT molecular complexity index is 1710. The first-order valence-electron chi connectivity index (χ1n) is 13.3. The monoisotopic (exact) mass is 520 g/mol. The van der Waals surface area contributed by atoms with E-state index < -0.39 is 5.91 Å². The van der Waals surface area contributed by atoms with Crippen molar-refractivity contribution < 1.29 is 4.79 Å². The number of rotatable bonds is 5. The zero-order valence-corrected chi connectivity index (χ0v) is 22.0. The molecule has 1 saturated carbocycles. The normalized spacial score (nSPS) is 13.7. The van der Waals surface area contributed by atoms with Crippen molar-refractivity contribution in [2.75, 3.05) is 5.73 Å². The Hall–Kier alpha value is -4.72. The number of allylic oxidation sites excluding steroid dienone is 1. The number of nitrogens with zero attached hydrogens (tertiary/aromatic N) is 4. The number of anilines is 1. The molecule has 6 rings (SSSR count). The lowest BCUT2D eigenvalue weighted by Crippen LogP contribution is -2.22. The topological polar surface area (TPSA) is 121 Å². The van der Waals surface area contributed by atoms with Crippen molar-refractivity contribution in [3.8, 4) is 5.69 Å². The SMILES string of the molecule is CCc1cc2cccc(/C=C/C3CCCC3)c2c(=O)n1-c1ccccc1.NC(=O)c1c(N)nn2cccnc12. The van der Waals surface area contributed by atoms with Crippen molar-refractivity contribution in [2.45, 2.75) is 39.0 Å². The summed E-state index contributed by atoms with van der Waals surface area (Å²) in [5.74, 6) is 0.147. The number of nitrogens with two attached hydrogens (primary N) is 2. The summed E-state index contributed by atoms with van der Waals surface area (Å²) in [6.07, 6.45) is 13.7. The lowest BCUT2D eigenvalue weighted by molar-refractivity contribution is 0.100. The van der Waals surface area contributed by atoms with Gasteiger partial charge in [0.05, 0.1) is 5.39 Å². The summed E-state index contributed by atoms with van der Waals surface area (Å²) in [4.78, 5) is 28.3. The van der Waals surface area contributed by atoms with Crippen LogP contribution >= 0.6 is 0 Å². The first kappa shape index (κ1) is 25.9. The molecule has 1 aliphatic rings. The highest BCUT2D eigenvalue weighted by atomic mass is 16.1. The second-order valence-corrected chi connectivity index (χ2v) is 9.69. The van der Waals surface area contributed by atoms with Crippen molar-refractivity contribution in [1.82, 2.24) is 19.2 Å². The van der Waals surface area contributed by atoms with Gasteiger partial charge in [-0.25, -0.2) is 9.50 Å². The van der Waals surface area contributed by atoms with Crippen LogP contribution in [0, 0.1) is 5.92 Å². The van der Waals surface area contributed by atoms with E-state index in [0.717, 1.165) is 34.1 Å². The lowest BCUT2D eigenvalue weighted by Gasteiger charge is -2.14. The fraction of sp³-hybridized carbons (Fsp3) is 0.226. The Morgan fingerprint density at radius 3 is 2.56 bits per heavy atom. The van der Waals surface area contributed by atoms with Crippen LogP contribution in [0.4, 0.5) is 5.82 Å². The number of primary amides is 1. The third kappa shape index (κ3) is 5.31. The molecule has 8 nitrogen and oxygen atoms in total. The van der Waals surface area contributed by atoms with Gasteiger partial charge in [-0.05, 0) is 60.4 Å². The van der Waals surface area contributed by atoms with E-state index in [2.05, 4.69) is 53.4 Å². The van der Waals surface area contributed by atoms with E-state index in [9.17, 15) is 9.59 Å². The number of nitrogen functional groups attached to an aromatic ring is 1. The summed E-state index contributed by atoms with van der Waals surface area (Å²) in [6, 6.07) is 20.0. The van der Waals surface area contributed by atoms with E-state index in [0.29, 0.717) is 11.6 Å². The number of aryl methyl sites for hydroxylation is 1. The Balaban J connectivity index is 0.000000198. The van der Waals surface area contributed by atoms with Crippen LogP contribution in [0.5, 0.6) is 0 Å². The summed E-state index contributed by atoms with van der Waals surface area (Å²) in [5, 5.41) is 5.72. The van der Waals surface area contributed by atoms with Crippen molar-refractivity contribution >= 4 is 34.2 Å². The predicted molar refractivity (Wildman–Crippen MR) is 156 cm³/mol. The molecule has 4 N–H and O–H groups in total. The summed E-state index contributed by atoms with van der Waals surface area (Å²) in [5.41, 5.74) is 14.2. The van der Waals surface area contributed by atoms with E-state index in [1.807, 2.05) is 34.9 Å². The van der Waals surface area contributed by atoms with Crippen LogP contribution in [0.25, 0.3) is 28.2 Å². The molecule has 0 spiro atoms. The van der Waals surface area contributed by atoms with Gasteiger partial charge in [0.15, 0.2) is 11.5 Å². The van der Waals surface area contributed by atoms with Gasteiger partial charge in [0.25, 0.3) is 11.5 Å². The minimum atomic E-state index is -0.619. The van der Waals surface area contributed by atoms with E-state index in [-0.39, 0.29) is 16.9 Å². The highest BCUT2D eigenvalue weighted by Crippen LogP contribution is 2.27. The van der Waals surface area contributed by atoms with Crippen molar-refractivity contribution in [3.63, 3.8) is 0 Å². The zero-order valence-electron chi connectivity index (χ0n) is 22.0. The molecule has 0 bridgehead atoms. The van der Waals surface area contributed by atoms with Crippen LogP contribution < -0.4 is 17.0 Å². The molecule has 3 aromatic heterocycles. The Labute approximate surface area is 226 Å². The summed E-state index contributed by atoms with van der Waals surface area (Å²) in [6.45, 7) is 2.10. The van der Waals surface area contributed by atoms with Crippen LogP contribution in [-0.2, 0) is 6.42 Å². The maximum absolute atomic E-state index is 13.5. The van der Waals surface area contributed by atoms with Gasteiger partial charge in [0, 0.05) is 23.8 Å². The van der Waals surface area contributed by atoms with Crippen LogP contribution in [0.1, 0.15) is 54.2 Å². The number of pyridine rings is 1. The molecule has 0 saturated heterocycles. The molecule has 1 fully saturated rings. The van der Waals surface area contributed by atoms with Crippen LogP contribution in [0.3, 0.4) is 0 Å². The summed E-state index contributed by atoms with van der Waals surface area (Å²) in [7, 11) is 0. The zero-order chi connectivity index (χ0) is 27.4. The van der Waals surface area contributed by atoms with Crippen LogP contribution in [-0.4, -0.2) is 25.1 Å². The van der Waals surface area contributed by atoms with Gasteiger partial charge in [-0.3, -0.25) is 14.2 Å². The highest BCUT2D eigenvalue weighted by Gasteiger charge is 2.16. The molecule has 1 aliphatic carbocycles. The Morgan fingerprint density at radius 2 is 1.85 bits per heavy atom. The Morgan fingerprint density at radius 1 is 1.08 bits per heavy atom. The van der Waals surface area contributed by atoms with E-state index in [4.69, 9.17) is 11.5 Å². The molecule has 0 unspecified atom stereocenters. The third-order valence-corrected chi connectivity index (χ3v) is 7.15. The molecule has 0 aliphatic heterocycles. The largest absolute Gasteiger partial charge is 0.381 e. The number of para-hydroxylation sites is 1. The molecule has 1 amide bonds. The minimum absolute atomic E-state index is 0.0808. The van der Waals surface area contributed by atoms with Crippen molar-refractivity contribution in [2.24, 2.45) is 11.7 Å². The minimum Gasteiger partial charge on any atom is -0.381 e. The molecule has 39 heavy (non-hydrogen) atoms. The second kappa shape index (κ2) is 11.3. The van der Waals surface area contributed by atoms with Crippen molar-refractivity contribution in [1.29, 1.82) is 0 Å². The first-order chi connectivity index (χ1) is 19.0. The van der Waals surface area contributed by atoms with Crippen LogP contribution in [0.2, 0.25) is 0 Å². The van der Waals surface area contributed by atoms with E-state index >= 15 is 0 Å². The molecule has 198 valence electrons. The lowest BCUT2D eigenvalue weighted by atomic mass is 10.0. The molecular weight excluding hydrogens is 488 g/mol. The Kier molecular flexibility index (Phi) is 7.54. The van der Waals surface area contributed by atoms with Gasteiger partial charge in [-0.15, -0.1) is 5.10 Å². The summed E-state index contributed by atoms with van der Waals surface area (Å²) < 4.78 is 3.28. The van der Waals surface area contributed by atoms with Gasteiger partial charge in [-0.1, -0.05) is 68.3 Å². The number of amides is 1. The molecule has 0 atom stereocenters. The average Bonchev–Trinajstić information content (AvgIpc) is 3.59. The van der Waals surface area contributed by atoms with Gasteiger partial charge in [0.2, 0.25) is 0 Å². The smallest absolute Gasteiger partial charge is 0.263 e. The number of hydrogen-bond acceptors (Lipinski definition) is 5. The molecule has 5 aromatic rings. The van der Waals surface area contributed by atoms with Crippen LogP contribution in [0.15, 0.2) is 83.9 Å². The fourth-order valence-corrected chi connectivity index (χ4v) is 5.23. The maximum Gasteiger partial charge on any atom is 0.263 e. The molecule has 8 heteroatoms. The quantitative estimate of drug-likeness (QED) is 0.331.